The van der Waals surface area contributed by atoms with Gasteiger partial charge in [0.1, 0.15) is 12.4 Å². The molecule has 7 nitrogen and oxygen atoms in total. The molecular formula is C18H25NO6. The van der Waals surface area contributed by atoms with Crippen LogP contribution in [0.3, 0.4) is 0 Å². The molecule has 2 atom stereocenters. The summed E-state index contributed by atoms with van der Waals surface area (Å²) in [5.41, 5.74) is 0.362. The maximum absolute atomic E-state index is 12.1. The molecule has 1 aromatic carbocycles. The van der Waals surface area contributed by atoms with Gasteiger partial charge < -0.3 is 24.3 Å². The second-order valence-electron chi connectivity index (χ2n) is 5.80. The molecule has 0 bridgehead atoms. The summed E-state index contributed by atoms with van der Waals surface area (Å²) in [6.07, 6.45) is 1.34. The first-order chi connectivity index (χ1) is 12.1. The molecule has 138 valence electrons. The van der Waals surface area contributed by atoms with Crippen LogP contribution in [0.2, 0.25) is 0 Å². The standard InChI is InChI=1S/C18H25NO6/c1-13(17(20)19-9-11-22-2)25-18(21)14-5-7-15(8-6-14)24-12-16-4-3-10-23-16/h5-8,13,16H,3-4,9-12H2,1-2H3,(H,19,20)/t13-,16-/m1/s1. The molecule has 0 aromatic heterocycles. The van der Waals surface area contributed by atoms with E-state index < -0.39 is 12.1 Å². The van der Waals surface area contributed by atoms with Gasteiger partial charge in [-0.2, -0.15) is 0 Å². The van der Waals surface area contributed by atoms with E-state index in [1.54, 1.807) is 31.4 Å². The number of hydrogen-bond acceptors (Lipinski definition) is 6. The Hall–Kier alpha value is -2.12. The molecule has 1 saturated heterocycles. The molecule has 25 heavy (non-hydrogen) atoms. The quantitative estimate of drug-likeness (QED) is 0.537. The summed E-state index contributed by atoms with van der Waals surface area (Å²) in [5.74, 6) is -0.251. The summed E-state index contributed by atoms with van der Waals surface area (Å²) in [7, 11) is 1.55. The number of ether oxygens (including phenoxy) is 4. The normalized spacial score (nSPS) is 17.8. The van der Waals surface area contributed by atoms with Crippen LogP contribution in [0.5, 0.6) is 5.75 Å². The summed E-state index contributed by atoms with van der Waals surface area (Å²) < 4.78 is 21.1. The van der Waals surface area contributed by atoms with Gasteiger partial charge in [0.25, 0.3) is 5.91 Å². The summed E-state index contributed by atoms with van der Waals surface area (Å²) in [5, 5.41) is 2.62. The van der Waals surface area contributed by atoms with Crippen molar-refractivity contribution in [3.8, 4) is 5.75 Å². The molecule has 7 heteroatoms. The number of methoxy groups -OCH3 is 1. The molecule has 1 aliphatic rings. The van der Waals surface area contributed by atoms with Gasteiger partial charge in [-0.3, -0.25) is 4.79 Å². The molecule has 0 unspecified atom stereocenters. The summed E-state index contributed by atoms with van der Waals surface area (Å²) in [6.45, 7) is 3.59. The van der Waals surface area contributed by atoms with E-state index in [1.807, 2.05) is 0 Å². The van der Waals surface area contributed by atoms with E-state index in [-0.39, 0.29) is 12.0 Å². The topological polar surface area (TPSA) is 83.1 Å². The highest BCUT2D eigenvalue weighted by atomic mass is 16.5. The minimum Gasteiger partial charge on any atom is -0.491 e. The maximum atomic E-state index is 12.1. The minimum atomic E-state index is -0.875. The SMILES string of the molecule is COCCNC(=O)[C@@H](C)OC(=O)c1ccc(OC[C@H]2CCCO2)cc1. The Balaban J connectivity index is 1.77. The molecule has 1 aromatic rings. The van der Waals surface area contributed by atoms with Crippen molar-refractivity contribution < 1.29 is 28.5 Å². The fourth-order valence-electron chi connectivity index (χ4n) is 2.35. The second-order valence-corrected chi connectivity index (χ2v) is 5.80. The summed E-state index contributed by atoms with van der Waals surface area (Å²) in [4.78, 5) is 23.9. The smallest absolute Gasteiger partial charge is 0.338 e. The third-order valence-electron chi connectivity index (χ3n) is 3.81. The van der Waals surface area contributed by atoms with Gasteiger partial charge in [-0.1, -0.05) is 0 Å². The molecule has 2 rings (SSSR count). The van der Waals surface area contributed by atoms with E-state index in [1.165, 1.54) is 6.92 Å². The first-order valence-electron chi connectivity index (χ1n) is 8.42. The van der Waals surface area contributed by atoms with E-state index in [0.717, 1.165) is 19.4 Å². The van der Waals surface area contributed by atoms with Gasteiger partial charge in [0.05, 0.1) is 18.3 Å². The van der Waals surface area contributed by atoms with Crippen molar-refractivity contribution >= 4 is 11.9 Å². The van der Waals surface area contributed by atoms with Gasteiger partial charge in [-0.15, -0.1) is 0 Å². The van der Waals surface area contributed by atoms with Crippen LogP contribution in [-0.2, 0) is 19.0 Å². The van der Waals surface area contributed by atoms with Gasteiger partial charge >= 0.3 is 5.97 Å². The molecule has 1 amide bonds. The zero-order valence-electron chi connectivity index (χ0n) is 14.7. The van der Waals surface area contributed by atoms with Crippen LogP contribution in [0.1, 0.15) is 30.1 Å². The minimum absolute atomic E-state index is 0.141. The Morgan fingerprint density at radius 2 is 2.08 bits per heavy atom. The van der Waals surface area contributed by atoms with Gasteiger partial charge in [-0.05, 0) is 44.0 Å². The Morgan fingerprint density at radius 1 is 1.32 bits per heavy atom. The van der Waals surface area contributed by atoms with Crippen LogP contribution in [0.4, 0.5) is 0 Å². The van der Waals surface area contributed by atoms with Crippen LogP contribution in [0.15, 0.2) is 24.3 Å². The number of esters is 1. The van der Waals surface area contributed by atoms with E-state index in [9.17, 15) is 9.59 Å². The zero-order chi connectivity index (χ0) is 18.1. The zero-order valence-corrected chi connectivity index (χ0v) is 14.7. The average molecular weight is 351 g/mol. The van der Waals surface area contributed by atoms with Crippen LogP contribution >= 0.6 is 0 Å². The number of carbonyl (C=O) groups is 2. The first kappa shape index (κ1) is 19.2. The fraction of sp³-hybridized carbons (Fsp3) is 0.556. The molecule has 0 radical (unpaired) electrons. The summed E-state index contributed by atoms with van der Waals surface area (Å²) >= 11 is 0. The lowest BCUT2D eigenvalue weighted by molar-refractivity contribution is -0.129. The largest absolute Gasteiger partial charge is 0.491 e. The van der Waals surface area contributed by atoms with E-state index in [2.05, 4.69) is 5.32 Å². The van der Waals surface area contributed by atoms with Crippen LogP contribution in [0, 0.1) is 0 Å². The van der Waals surface area contributed by atoms with Crippen molar-refractivity contribution in [2.24, 2.45) is 0 Å². The summed E-state index contributed by atoms with van der Waals surface area (Å²) in [6, 6.07) is 6.63. The highest BCUT2D eigenvalue weighted by Crippen LogP contribution is 2.17. The van der Waals surface area contributed by atoms with E-state index in [0.29, 0.717) is 31.1 Å². The molecule has 1 heterocycles. The van der Waals surface area contributed by atoms with Gasteiger partial charge in [0, 0.05) is 20.3 Å². The monoisotopic (exact) mass is 351 g/mol. The average Bonchev–Trinajstić information content (AvgIpc) is 3.14. The number of carbonyl (C=O) groups excluding carboxylic acids is 2. The molecule has 1 fully saturated rings. The lowest BCUT2D eigenvalue weighted by Crippen LogP contribution is -2.37. The van der Waals surface area contributed by atoms with Crippen molar-refractivity contribution in [2.45, 2.75) is 32.0 Å². The van der Waals surface area contributed by atoms with Crippen molar-refractivity contribution in [1.29, 1.82) is 0 Å². The lowest BCUT2D eigenvalue weighted by Gasteiger charge is -2.14. The number of hydrogen-bond donors (Lipinski definition) is 1. The fourth-order valence-corrected chi connectivity index (χ4v) is 2.35. The Bertz CT molecular complexity index is 553. The number of amides is 1. The maximum Gasteiger partial charge on any atom is 0.338 e. The van der Waals surface area contributed by atoms with Crippen LogP contribution in [0.25, 0.3) is 0 Å². The highest BCUT2D eigenvalue weighted by molar-refractivity contribution is 5.92. The number of nitrogens with one attached hydrogen (secondary N) is 1. The van der Waals surface area contributed by atoms with Crippen LogP contribution < -0.4 is 10.1 Å². The molecule has 0 spiro atoms. The number of rotatable bonds is 9. The van der Waals surface area contributed by atoms with Crippen molar-refractivity contribution in [1.82, 2.24) is 5.32 Å². The van der Waals surface area contributed by atoms with Crippen molar-refractivity contribution in [3.63, 3.8) is 0 Å². The van der Waals surface area contributed by atoms with E-state index in [4.69, 9.17) is 18.9 Å². The molecule has 0 saturated carbocycles. The molecule has 1 aliphatic heterocycles. The third-order valence-corrected chi connectivity index (χ3v) is 3.81. The molecular weight excluding hydrogens is 326 g/mol. The van der Waals surface area contributed by atoms with Gasteiger partial charge in [0.15, 0.2) is 6.10 Å². The van der Waals surface area contributed by atoms with Crippen LogP contribution in [-0.4, -0.2) is 57.6 Å². The predicted molar refractivity (Wildman–Crippen MR) is 90.7 cm³/mol. The van der Waals surface area contributed by atoms with Crippen molar-refractivity contribution in [3.05, 3.63) is 29.8 Å². The highest BCUT2D eigenvalue weighted by Gasteiger charge is 2.19. The second kappa shape index (κ2) is 10.0. The van der Waals surface area contributed by atoms with Crippen molar-refractivity contribution in [2.75, 3.05) is 33.5 Å². The van der Waals surface area contributed by atoms with E-state index >= 15 is 0 Å². The lowest BCUT2D eigenvalue weighted by atomic mass is 10.2. The van der Waals surface area contributed by atoms with Gasteiger partial charge in [-0.25, -0.2) is 4.79 Å². The van der Waals surface area contributed by atoms with Gasteiger partial charge in [0.2, 0.25) is 0 Å². The Kier molecular flexibility index (Phi) is 7.69. The Labute approximate surface area is 147 Å². The molecule has 1 N–H and O–H groups in total. The first-order valence-corrected chi connectivity index (χ1v) is 8.42. The third kappa shape index (κ3) is 6.36. The number of benzene rings is 1. The predicted octanol–water partition coefficient (Wildman–Crippen LogP) is 1.55. The molecule has 0 aliphatic carbocycles. The Morgan fingerprint density at radius 3 is 2.72 bits per heavy atom.